The fourth-order valence-electron chi connectivity index (χ4n) is 6.86. The highest BCUT2D eigenvalue weighted by Gasteiger charge is 2.48. The standard InChI is InChI=1S/C30H36N6O2/c1-5-21-9-8-19-12-25(34(29(19)32-21)16-18-6-7-18)28-17(2)35-26(33-28)13-20(14-27(35)38-4)30(37)36-22-10-11-24(36)23(15-22)31-3/h8-9,12-14,18,22-24,31H,5-7,10-11,15-16H2,1-4H3. The van der Waals surface area contributed by atoms with Crippen LogP contribution in [0.25, 0.3) is 28.1 Å². The van der Waals surface area contributed by atoms with Crippen molar-refractivity contribution in [2.45, 2.75) is 77.0 Å². The number of likely N-dealkylation sites (N-methyl/N-ethyl adjacent to an activating group) is 1. The van der Waals surface area contributed by atoms with E-state index >= 15 is 0 Å². The molecule has 0 aromatic carbocycles. The van der Waals surface area contributed by atoms with Gasteiger partial charge < -0.3 is 19.5 Å². The first-order valence-corrected chi connectivity index (χ1v) is 14.1. The molecule has 4 aromatic heterocycles. The maximum absolute atomic E-state index is 13.8. The maximum atomic E-state index is 13.8. The van der Waals surface area contributed by atoms with Crippen LogP contribution < -0.4 is 10.1 Å². The number of aryl methyl sites for hydroxylation is 2. The minimum Gasteiger partial charge on any atom is -0.482 e. The van der Waals surface area contributed by atoms with Gasteiger partial charge in [-0.1, -0.05) is 6.92 Å². The second-order valence-corrected chi connectivity index (χ2v) is 11.3. The van der Waals surface area contributed by atoms with Crippen LogP contribution >= 0.6 is 0 Å². The summed E-state index contributed by atoms with van der Waals surface area (Å²) in [6.45, 7) is 5.19. The van der Waals surface area contributed by atoms with Crippen molar-refractivity contribution in [2.75, 3.05) is 14.2 Å². The molecule has 3 aliphatic rings. The summed E-state index contributed by atoms with van der Waals surface area (Å²) >= 11 is 0. The van der Waals surface area contributed by atoms with Crippen molar-refractivity contribution in [1.29, 1.82) is 0 Å². The zero-order valence-corrected chi connectivity index (χ0v) is 22.7. The second-order valence-electron chi connectivity index (χ2n) is 11.3. The van der Waals surface area contributed by atoms with Gasteiger partial charge in [0.05, 0.1) is 18.5 Å². The van der Waals surface area contributed by atoms with Gasteiger partial charge in [0.15, 0.2) is 5.88 Å². The highest BCUT2D eigenvalue weighted by molar-refractivity contribution is 5.96. The molecule has 2 aliphatic heterocycles. The molecular formula is C30H36N6O2. The van der Waals surface area contributed by atoms with Gasteiger partial charge in [-0.2, -0.15) is 0 Å². The van der Waals surface area contributed by atoms with Gasteiger partial charge >= 0.3 is 0 Å². The molecule has 1 N–H and O–H groups in total. The Kier molecular flexibility index (Phi) is 5.51. The molecule has 0 radical (unpaired) electrons. The van der Waals surface area contributed by atoms with E-state index in [-0.39, 0.29) is 11.9 Å². The zero-order valence-electron chi connectivity index (χ0n) is 22.7. The fraction of sp³-hybridized carbons (Fsp3) is 0.500. The summed E-state index contributed by atoms with van der Waals surface area (Å²) in [5, 5.41) is 4.55. The fourth-order valence-corrected chi connectivity index (χ4v) is 6.86. The van der Waals surface area contributed by atoms with E-state index in [1.165, 1.54) is 12.8 Å². The van der Waals surface area contributed by atoms with Crippen LogP contribution in [0.15, 0.2) is 30.3 Å². The summed E-state index contributed by atoms with van der Waals surface area (Å²) in [4.78, 5) is 26.0. The molecule has 2 saturated heterocycles. The highest BCUT2D eigenvalue weighted by Crippen LogP contribution is 2.40. The monoisotopic (exact) mass is 512 g/mol. The van der Waals surface area contributed by atoms with E-state index in [9.17, 15) is 4.79 Å². The maximum Gasteiger partial charge on any atom is 0.254 e. The summed E-state index contributed by atoms with van der Waals surface area (Å²) in [5.74, 6) is 1.41. The number of hydrogen-bond acceptors (Lipinski definition) is 5. The number of rotatable bonds is 7. The van der Waals surface area contributed by atoms with E-state index in [1.807, 2.05) is 23.6 Å². The van der Waals surface area contributed by atoms with Gasteiger partial charge in [-0.05, 0) is 82.7 Å². The highest BCUT2D eigenvalue weighted by atomic mass is 16.5. The zero-order chi connectivity index (χ0) is 26.1. The first-order chi connectivity index (χ1) is 18.5. The van der Waals surface area contributed by atoms with Gasteiger partial charge in [-0.25, -0.2) is 9.97 Å². The van der Waals surface area contributed by atoms with Crippen LogP contribution in [0.3, 0.4) is 0 Å². The molecule has 3 unspecified atom stereocenters. The Bertz CT molecular complexity index is 1560. The molecule has 3 fully saturated rings. The molecule has 1 amide bonds. The Morgan fingerprint density at radius 3 is 2.68 bits per heavy atom. The summed E-state index contributed by atoms with van der Waals surface area (Å²) < 4.78 is 10.2. The van der Waals surface area contributed by atoms with Gasteiger partial charge in [0.2, 0.25) is 0 Å². The van der Waals surface area contributed by atoms with E-state index in [4.69, 9.17) is 14.7 Å². The van der Waals surface area contributed by atoms with Crippen molar-refractivity contribution in [1.82, 2.24) is 29.2 Å². The number of fused-ring (bicyclic) bond motifs is 4. The summed E-state index contributed by atoms with van der Waals surface area (Å²) in [7, 11) is 3.66. The largest absolute Gasteiger partial charge is 0.482 e. The molecule has 198 valence electrons. The predicted molar refractivity (Wildman–Crippen MR) is 148 cm³/mol. The van der Waals surface area contributed by atoms with Crippen LogP contribution in [0, 0.1) is 12.8 Å². The van der Waals surface area contributed by atoms with Crippen LogP contribution in [-0.2, 0) is 13.0 Å². The van der Waals surface area contributed by atoms with Crippen LogP contribution in [0.5, 0.6) is 5.88 Å². The van der Waals surface area contributed by atoms with Crippen molar-refractivity contribution in [3.8, 4) is 17.3 Å². The van der Waals surface area contributed by atoms with Gasteiger partial charge in [0.25, 0.3) is 5.91 Å². The van der Waals surface area contributed by atoms with E-state index in [2.05, 4.69) is 46.8 Å². The number of amides is 1. The van der Waals surface area contributed by atoms with Crippen molar-refractivity contribution >= 4 is 22.6 Å². The minimum absolute atomic E-state index is 0.0809. The number of nitrogens with zero attached hydrogens (tertiary/aromatic N) is 5. The van der Waals surface area contributed by atoms with Crippen LogP contribution in [0.2, 0.25) is 0 Å². The van der Waals surface area contributed by atoms with E-state index in [0.29, 0.717) is 29.4 Å². The number of ether oxygens (including phenoxy) is 1. The summed E-state index contributed by atoms with van der Waals surface area (Å²) in [5.41, 5.74) is 6.53. The average Bonchev–Trinajstić information content (AvgIpc) is 3.26. The topological polar surface area (TPSA) is 76.7 Å². The van der Waals surface area contributed by atoms with Crippen LogP contribution in [-0.4, -0.2) is 62.0 Å². The second kappa shape index (κ2) is 8.83. The number of carbonyl (C=O) groups excluding carboxylic acids is 1. The number of nitrogens with one attached hydrogen (secondary N) is 1. The lowest BCUT2D eigenvalue weighted by Gasteiger charge is -2.24. The molecule has 3 atom stereocenters. The quantitative estimate of drug-likeness (QED) is 0.392. The molecular weight excluding hydrogens is 476 g/mol. The molecule has 0 spiro atoms. The number of hydrogen-bond donors (Lipinski definition) is 1. The predicted octanol–water partition coefficient (Wildman–Crippen LogP) is 4.61. The Morgan fingerprint density at radius 1 is 1.13 bits per heavy atom. The lowest BCUT2D eigenvalue weighted by atomic mass is 9.96. The molecule has 6 heterocycles. The first-order valence-electron chi connectivity index (χ1n) is 14.1. The smallest absolute Gasteiger partial charge is 0.254 e. The minimum atomic E-state index is 0.0809. The molecule has 38 heavy (non-hydrogen) atoms. The molecule has 1 saturated carbocycles. The Labute approximate surface area is 223 Å². The van der Waals surface area contributed by atoms with Gasteiger partial charge in [-0.15, -0.1) is 0 Å². The number of pyridine rings is 2. The lowest BCUT2D eigenvalue weighted by molar-refractivity contribution is 0.0723. The molecule has 8 heteroatoms. The van der Waals surface area contributed by atoms with E-state index in [1.54, 1.807) is 7.11 Å². The van der Waals surface area contributed by atoms with E-state index < -0.39 is 0 Å². The Morgan fingerprint density at radius 2 is 1.97 bits per heavy atom. The molecule has 8 nitrogen and oxygen atoms in total. The van der Waals surface area contributed by atoms with Gasteiger partial charge in [0, 0.05) is 47.4 Å². The van der Waals surface area contributed by atoms with Gasteiger partial charge in [-0.3, -0.25) is 9.20 Å². The lowest BCUT2D eigenvalue weighted by Crippen LogP contribution is -2.41. The molecule has 2 bridgehead atoms. The SMILES string of the molecule is CCc1ccc2cc(-c3nc4cc(C(=O)N5C6CCC5C(NC)C6)cc(OC)n4c3C)n(CC3CC3)c2n1. The van der Waals surface area contributed by atoms with Crippen molar-refractivity contribution in [2.24, 2.45) is 5.92 Å². The Hall–Kier alpha value is -3.39. The average molecular weight is 513 g/mol. The molecule has 4 aromatic rings. The third-order valence-electron chi connectivity index (χ3n) is 9.06. The third kappa shape index (κ3) is 3.56. The third-order valence-corrected chi connectivity index (χ3v) is 9.06. The molecule has 7 rings (SSSR count). The summed E-state index contributed by atoms with van der Waals surface area (Å²) in [6, 6.07) is 11.3. The van der Waals surface area contributed by atoms with E-state index in [0.717, 1.165) is 71.7 Å². The first kappa shape index (κ1) is 23.7. The summed E-state index contributed by atoms with van der Waals surface area (Å²) in [6.07, 6.45) is 6.62. The molecule has 1 aliphatic carbocycles. The normalized spacial score (nSPS) is 22.7. The van der Waals surface area contributed by atoms with Crippen LogP contribution in [0.1, 0.15) is 60.8 Å². The van der Waals surface area contributed by atoms with Crippen molar-refractivity contribution in [3.05, 3.63) is 47.3 Å². The van der Waals surface area contributed by atoms with Crippen molar-refractivity contribution in [3.63, 3.8) is 0 Å². The Balaban J connectivity index is 1.34. The number of carbonyl (C=O) groups is 1. The van der Waals surface area contributed by atoms with Gasteiger partial charge in [0.1, 0.15) is 17.0 Å². The number of aromatic nitrogens is 4. The van der Waals surface area contributed by atoms with Crippen molar-refractivity contribution < 1.29 is 9.53 Å². The number of methoxy groups -OCH3 is 1. The van der Waals surface area contributed by atoms with Crippen LogP contribution in [0.4, 0.5) is 0 Å². The number of imidazole rings is 1.